The van der Waals surface area contributed by atoms with Gasteiger partial charge in [0.1, 0.15) is 11.5 Å². The molecule has 1 aliphatic heterocycles. The van der Waals surface area contributed by atoms with Gasteiger partial charge in [0.25, 0.3) is 0 Å². The van der Waals surface area contributed by atoms with Gasteiger partial charge in [-0.1, -0.05) is 0 Å². The third-order valence-corrected chi connectivity index (χ3v) is 5.41. The van der Waals surface area contributed by atoms with E-state index in [9.17, 15) is 8.42 Å². The standard InChI is InChI=1S/C15H22N4O3S/c1-3-23(20,21)17-8-14-10-18(9-13-6-7-16-19(13)14)11-15-5-4-12(2)22-15/h4-7,14,17H,3,8-11H2,1-2H3. The lowest BCUT2D eigenvalue weighted by molar-refractivity contribution is 0.157. The van der Waals surface area contributed by atoms with Crippen molar-refractivity contribution >= 4 is 10.0 Å². The van der Waals surface area contributed by atoms with E-state index in [1.807, 2.05) is 29.8 Å². The Labute approximate surface area is 136 Å². The van der Waals surface area contributed by atoms with Crippen LogP contribution in [0.5, 0.6) is 0 Å². The van der Waals surface area contributed by atoms with E-state index in [1.54, 1.807) is 13.1 Å². The number of sulfonamides is 1. The normalized spacial score (nSPS) is 19.0. The third kappa shape index (κ3) is 3.82. The molecule has 0 saturated carbocycles. The summed E-state index contributed by atoms with van der Waals surface area (Å²) in [6.07, 6.45) is 1.76. The van der Waals surface area contributed by atoms with E-state index in [1.165, 1.54) is 0 Å². The maximum Gasteiger partial charge on any atom is 0.211 e. The summed E-state index contributed by atoms with van der Waals surface area (Å²) in [7, 11) is -3.21. The van der Waals surface area contributed by atoms with E-state index >= 15 is 0 Å². The highest BCUT2D eigenvalue weighted by atomic mass is 32.2. The van der Waals surface area contributed by atoms with Crippen LogP contribution in [0.25, 0.3) is 0 Å². The molecule has 0 aliphatic carbocycles. The molecule has 0 saturated heterocycles. The van der Waals surface area contributed by atoms with Crippen LogP contribution >= 0.6 is 0 Å². The first-order valence-corrected chi connectivity index (χ1v) is 9.39. The molecule has 1 aliphatic rings. The number of fused-ring (bicyclic) bond motifs is 1. The molecule has 3 rings (SSSR count). The summed E-state index contributed by atoms with van der Waals surface area (Å²) in [4.78, 5) is 2.25. The molecule has 0 radical (unpaired) electrons. The molecule has 1 atom stereocenters. The Morgan fingerprint density at radius 1 is 1.39 bits per heavy atom. The van der Waals surface area contributed by atoms with Gasteiger partial charge in [0.2, 0.25) is 10.0 Å². The first kappa shape index (κ1) is 16.2. The summed E-state index contributed by atoms with van der Waals surface area (Å²) in [5.41, 5.74) is 1.08. The molecule has 0 fully saturated rings. The summed E-state index contributed by atoms with van der Waals surface area (Å²) < 4.78 is 33.6. The van der Waals surface area contributed by atoms with Gasteiger partial charge in [0.15, 0.2) is 0 Å². The summed E-state index contributed by atoms with van der Waals surface area (Å²) in [5.74, 6) is 1.90. The van der Waals surface area contributed by atoms with E-state index in [-0.39, 0.29) is 11.8 Å². The van der Waals surface area contributed by atoms with Crippen LogP contribution in [0.1, 0.15) is 30.2 Å². The minimum absolute atomic E-state index is 0.0221. The van der Waals surface area contributed by atoms with E-state index < -0.39 is 10.0 Å². The van der Waals surface area contributed by atoms with Crippen molar-refractivity contribution in [3.05, 3.63) is 41.6 Å². The van der Waals surface area contributed by atoms with Crippen LogP contribution in [0.15, 0.2) is 28.8 Å². The molecule has 1 N–H and O–H groups in total. The lowest BCUT2D eigenvalue weighted by Gasteiger charge is -2.33. The molecule has 2 aromatic heterocycles. The molecule has 0 spiro atoms. The van der Waals surface area contributed by atoms with Crippen molar-refractivity contribution < 1.29 is 12.8 Å². The highest BCUT2D eigenvalue weighted by molar-refractivity contribution is 7.89. The number of aromatic nitrogens is 2. The summed E-state index contributed by atoms with van der Waals surface area (Å²) in [6.45, 7) is 6.11. The minimum atomic E-state index is -3.21. The highest BCUT2D eigenvalue weighted by Gasteiger charge is 2.27. The molecule has 7 nitrogen and oxygen atoms in total. The Kier molecular flexibility index (Phi) is 4.56. The van der Waals surface area contributed by atoms with Crippen molar-refractivity contribution in [3.8, 4) is 0 Å². The zero-order valence-electron chi connectivity index (χ0n) is 13.4. The molecular formula is C15H22N4O3S. The van der Waals surface area contributed by atoms with Crippen LogP contribution in [0.4, 0.5) is 0 Å². The fourth-order valence-corrected chi connectivity index (χ4v) is 3.50. The molecule has 0 aromatic carbocycles. The molecule has 1 unspecified atom stereocenters. The van der Waals surface area contributed by atoms with Gasteiger partial charge in [-0.25, -0.2) is 13.1 Å². The SMILES string of the molecule is CCS(=O)(=O)NCC1CN(Cc2ccc(C)o2)Cc2ccnn21. The smallest absolute Gasteiger partial charge is 0.211 e. The van der Waals surface area contributed by atoms with Crippen LogP contribution in [-0.4, -0.2) is 41.9 Å². The second-order valence-electron chi connectivity index (χ2n) is 5.85. The molecule has 126 valence electrons. The lowest BCUT2D eigenvalue weighted by atomic mass is 10.2. The second kappa shape index (κ2) is 6.46. The number of aryl methyl sites for hydroxylation is 1. The van der Waals surface area contributed by atoms with Gasteiger partial charge < -0.3 is 4.42 Å². The van der Waals surface area contributed by atoms with Crippen molar-refractivity contribution in [2.24, 2.45) is 0 Å². The minimum Gasteiger partial charge on any atom is -0.465 e. The van der Waals surface area contributed by atoms with Crippen LogP contribution < -0.4 is 4.72 Å². The summed E-state index contributed by atoms with van der Waals surface area (Å²) >= 11 is 0. The third-order valence-electron chi connectivity index (χ3n) is 4.05. The van der Waals surface area contributed by atoms with Crippen LogP contribution in [0.2, 0.25) is 0 Å². The molecule has 0 amide bonds. The molecule has 2 aromatic rings. The maximum atomic E-state index is 11.7. The average molecular weight is 338 g/mol. The van der Waals surface area contributed by atoms with Crippen molar-refractivity contribution in [2.75, 3.05) is 18.8 Å². The predicted molar refractivity (Wildman–Crippen MR) is 86.3 cm³/mol. The van der Waals surface area contributed by atoms with Crippen molar-refractivity contribution in [3.63, 3.8) is 0 Å². The predicted octanol–water partition coefficient (Wildman–Crippen LogP) is 1.28. The van der Waals surface area contributed by atoms with Crippen molar-refractivity contribution in [1.29, 1.82) is 0 Å². The molecule has 3 heterocycles. The van der Waals surface area contributed by atoms with Crippen LogP contribution in [0.3, 0.4) is 0 Å². The number of hydrogen-bond acceptors (Lipinski definition) is 5. The zero-order chi connectivity index (χ0) is 16.4. The maximum absolute atomic E-state index is 11.7. The summed E-state index contributed by atoms with van der Waals surface area (Å²) in [6, 6.07) is 5.89. The highest BCUT2D eigenvalue weighted by Crippen LogP contribution is 2.22. The van der Waals surface area contributed by atoms with Crippen LogP contribution in [-0.2, 0) is 23.1 Å². The second-order valence-corrected chi connectivity index (χ2v) is 7.95. The quantitative estimate of drug-likeness (QED) is 0.858. The Hall–Kier alpha value is -1.64. The number of nitrogens with zero attached hydrogens (tertiary/aromatic N) is 3. The largest absolute Gasteiger partial charge is 0.465 e. The molecule has 23 heavy (non-hydrogen) atoms. The molecule has 0 bridgehead atoms. The first-order valence-electron chi connectivity index (χ1n) is 7.74. The number of rotatable bonds is 6. The summed E-state index contributed by atoms with van der Waals surface area (Å²) in [5, 5.41) is 4.34. The number of nitrogens with one attached hydrogen (secondary N) is 1. The van der Waals surface area contributed by atoms with Gasteiger partial charge in [-0.3, -0.25) is 9.58 Å². The zero-order valence-corrected chi connectivity index (χ0v) is 14.2. The van der Waals surface area contributed by atoms with E-state index in [0.717, 1.165) is 30.3 Å². The average Bonchev–Trinajstić information content (AvgIpc) is 3.14. The Bertz CT molecular complexity index is 765. The molecular weight excluding hydrogens is 316 g/mol. The van der Waals surface area contributed by atoms with Crippen molar-refractivity contribution in [1.82, 2.24) is 19.4 Å². The lowest BCUT2D eigenvalue weighted by Crippen LogP contribution is -2.42. The van der Waals surface area contributed by atoms with E-state index in [0.29, 0.717) is 13.1 Å². The van der Waals surface area contributed by atoms with Crippen molar-refractivity contribution in [2.45, 2.75) is 33.0 Å². The Morgan fingerprint density at radius 2 is 2.22 bits per heavy atom. The van der Waals surface area contributed by atoms with Gasteiger partial charge in [0, 0.05) is 25.8 Å². The molecule has 8 heteroatoms. The van der Waals surface area contributed by atoms with Gasteiger partial charge in [-0.05, 0) is 32.0 Å². The van der Waals surface area contributed by atoms with Gasteiger partial charge in [-0.2, -0.15) is 5.10 Å². The van der Waals surface area contributed by atoms with Gasteiger partial charge >= 0.3 is 0 Å². The van der Waals surface area contributed by atoms with Crippen LogP contribution in [0, 0.1) is 6.92 Å². The van der Waals surface area contributed by atoms with E-state index in [4.69, 9.17) is 4.42 Å². The monoisotopic (exact) mass is 338 g/mol. The number of furan rings is 1. The first-order chi connectivity index (χ1) is 11.0. The Morgan fingerprint density at radius 3 is 2.91 bits per heavy atom. The van der Waals surface area contributed by atoms with Gasteiger partial charge in [-0.15, -0.1) is 0 Å². The fraction of sp³-hybridized carbons (Fsp3) is 0.533. The fourth-order valence-electron chi connectivity index (χ4n) is 2.85. The topological polar surface area (TPSA) is 80.4 Å². The van der Waals surface area contributed by atoms with Gasteiger partial charge in [0.05, 0.1) is 24.0 Å². The number of hydrogen-bond donors (Lipinski definition) is 1. The Balaban J connectivity index is 1.72. The van der Waals surface area contributed by atoms with E-state index in [2.05, 4.69) is 14.7 Å².